The van der Waals surface area contributed by atoms with Gasteiger partial charge in [-0.2, -0.15) is 0 Å². The van der Waals surface area contributed by atoms with Crippen molar-refractivity contribution in [3.63, 3.8) is 0 Å². The smallest absolute Gasteiger partial charge is 0.241 e. The number of benzene rings is 2. The fourth-order valence-corrected chi connectivity index (χ4v) is 3.56. The molecule has 1 atom stereocenters. The number of piperazine rings is 1. The molecule has 0 bridgehead atoms. The number of carbonyl (C=O) groups excluding carboxylic acids is 2. The summed E-state index contributed by atoms with van der Waals surface area (Å²) >= 11 is 3.39. The van der Waals surface area contributed by atoms with Crippen molar-refractivity contribution in [2.45, 2.75) is 26.3 Å². The summed E-state index contributed by atoms with van der Waals surface area (Å²) in [6, 6.07) is 15.4. The van der Waals surface area contributed by atoms with E-state index in [0.717, 1.165) is 15.7 Å². The number of nitrogens with zero attached hydrogens (tertiary/aromatic N) is 2. The van der Waals surface area contributed by atoms with Gasteiger partial charge in [0.25, 0.3) is 0 Å². The van der Waals surface area contributed by atoms with Gasteiger partial charge in [-0.15, -0.1) is 0 Å². The lowest BCUT2D eigenvalue weighted by Gasteiger charge is -2.37. The number of hydrogen-bond donors (Lipinski definition) is 1. The van der Waals surface area contributed by atoms with Crippen LogP contribution in [0.15, 0.2) is 53.0 Å². The van der Waals surface area contributed by atoms with Crippen molar-refractivity contribution in [2.75, 3.05) is 31.5 Å². The molecule has 2 aromatic rings. The minimum atomic E-state index is -0.238. The van der Waals surface area contributed by atoms with Crippen LogP contribution in [0.5, 0.6) is 0 Å². The first-order valence-electron chi connectivity index (χ1n) is 9.56. The second-order valence-electron chi connectivity index (χ2n) is 7.25. The minimum absolute atomic E-state index is 0.0262. The van der Waals surface area contributed by atoms with Crippen LogP contribution in [-0.4, -0.2) is 53.8 Å². The summed E-state index contributed by atoms with van der Waals surface area (Å²) in [6.07, 6.45) is 0.430. The van der Waals surface area contributed by atoms with Crippen molar-refractivity contribution in [1.82, 2.24) is 9.80 Å². The highest BCUT2D eigenvalue weighted by atomic mass is 79.9. The summed E-state index contributed by atoms with van der Waals surface area (Å²) in [7, 11) is 0. The predicted octanol–water partition coefficient (Wildman–Crippen LogP) is 3.47. The lowest BCUT2D eigenvalue weighted by Crippen LogP contribution is -2.54. The second-order valence-corrected chi connectivity index (χ2v) is 8.17. The van der Waals surface area contributed by atoms with Crippen LogP contribution >= 0.6 is 15.9 Å². The molecule has 2 aromatic carbocycles. The highest BCUT2D eigenvalue weighted by Gasteiger charge is 2.27. The Hall–Kier alpha value is -2.18. The number of anilines is 1. The Morgan fingerprint density at radius 1 is 1.00 bits per heavy atom. The predicted molar refractivity (Wildman–Crippen MR) is 115 cm³/mol. The molecule has 0 saturated carbocycles. The summed E-state index contributed by atoms with van der Waals surface area (Å²) < 4.78 is 0.977. The molecule has 1 aliphatic rings. The van der Waals surface area contributed by atoms with Crippen LogP contribution in [0, 0.1) is 6.92 Å². The average molecular weight is 444 g/mol. The molecule has 1 aliphatic heterocycles. The van der Waals surface area contributed by atoms with Gasteiger partial charge in [-0.3, -0.25) is 14.5 Å². The Morgan fingerprint density at radius 3 is 2.21 bits per heavy atom. The molecule has 0 spiro atoms. The van der Waals surface area contributed by atoms with Crippen molar-refractivity contribution >= 4 is 33.4 Å². The number of halogens is 1. The standard InChI is InChI=1S/C22H26BrN3O2/c1-16-3-5-18(6-4-16)15-21(27)26-13-11-25(12-14-26)17(2)22(28)24-20-9-7-19(23)8-10-20/h3-10,17H,11-15H2,1-2H3,(H,24,28). The summed E-state index contributed by atoms with van der Waals surface area (Å²) in [5.41, 5.74) is 3.02. The van der Waals surface area contributed by atoms with E-state index in [9.17, 15) is 9.59 Å². The number of hydrogen-bond acceptors (Lipinski definition) is 3. The molecule has 2 amide bonds. The third kappa shape index (κ3) is 5.42. The molecule has 28 heavy (non-hydrogen) atoms. The highest BCUT2D eigenvalue weighted by Crippen LogP contribution is 2.16. The Bertz CT molecular complexity index is 813. The van der Waals surface area contributed by atoms with Crippen LogP contribution < -0.4 is 5.32 Å². The summed E-state index contributed by atoms with van der Waals surface area (Å²) in [6.45, 7) is 6.67. The monoisotopic (exact) mass is 443 g/mol. The van der Waals surface area contributed by atoms with Crippen molar-refractivity contribution < 1.29 is 9.59 Å². The third-order valence-corrected chi connectivity index (χ3v) is 5.71. The van der Waals surface area contributed by atoms with Gasteiger partial charge in [0, 0.05) is 36.3 Å². The van der Waals surface area contributed by atoms with E-state index in [1.165, 1.54) is 5.56 Å². The Labute approximate surface area is 174 Å². The molecule has 0 aliphatic carbocycles. The van der Waals surface area contributed by atoms with Gasteiger partial charge in [0.1, 0.15) is 0 Å². The summed E-state index contributed by atoms with van der Waals surface area (Å²) in [5, 5.41) is 2.96. The van der Waals surface area contributed by atoms with E-state index in [1.54, 1.807) is 0 Å². The van der Waals surface area contributed by atoms with Crippen LogP contribution in [0.1, 0.15) is 18.1 Å². The van der Waals surface area contributed by atoms with Crippen molar-refractivity contribution in [2.24, 2.45) is 0 Å². The first-order chi connectivity index (χ1) is 13.4. The van der Waals surface area contributed by atoms with Crippen LogP contribution in [0.4, 0.5) is 5.69 Å². The molecule has 148 valence electrons. The van der Waals surface area contributed by atoms with Gasteiger partial charge in [-0.05, 0) is 43.7 Å². The first kappa shape index (κ1) is 20.6. The van der Waals surface area contributed by atoms with Gasteiger partial charge < -0.3 is 10.2 Å². The largest absolute Gasteiger partial charge is 0.340 e. The number of carbonyl (C=O) groups is 2. The molecule has 0 radical (unpaired) electrons. The molecule has 1 heterocycles. The van der Waals surface area contributed by atoms with E-state index in [0.29, 0.717) is 32.6 Å². The Kier molecular flexibility index (Phi) is 6.86. The summed E-state index contributed by atoms with van der Waals surface area (Å²) in [4.78, 5) is 29.1. The van der Waals surface area contributed by atoms with Gasteiger partial charge in [0.2, 0.25) is 11.8 Å². The van der Waals surface area contributed by atoms with Gasteiger partial charge in [-0.1, -0.05) is 45.8 Å². The quantitative estimate of drug-likeness (QED) is 0.769. The minimum Gasteiger partial charge on any atom is -0.340 e. The van der Waals surface area contributed by atoms with E-state index in [4.69, 9.17) is 0 Å². The normalized spacial score (nSPS) is 15.9. The number of amides is 2. The van der Waals surface area contributed by atoms with Crippen molar-refractivity contribution in [3.05, 3.63) is 64.1 Å². The molecule has 1 fully saturated rings. The molecule has 0 aromatic heterocycles. The molecular weight excluding hydrogens is 418 g/mol. The molecular formula is C22H26BrN3O2. The van der Waals surface area contributed by atoms with Crippen LogP contribution in [0.25, 0.3) is 0 Å². The van der Waals surface area contributed by atoms with Crippen LogP contribution in [0.2, 0.25) is 0 Å². The lowest BCUT2D eigenvalue weighted by atomic mass is 10.1. The SMILES string of the molecule is Cc1ccc(CC(=O)N2CCN(C(C)C(=O)Nc3ccc(Br)cc3)CC2)cc1. The fraction of sp³-hybridized carbons (Fsp3) is 0.364. The Balaban J connectivity index is 1.48. The molecule has 1 unspecified atom stereocenters. The molecule has 5 nitrogen and oxygen atoms in total. The zero-order chi connectivity index (χ0) is 20.1. The number of rotatable bonds is 5. The molecule has 6 heteroatoms. The fourth-order valence-electron chi connectivity index (χ4n) is 3.30. The van der Waals surface area contributed by atoms with Crippen molar-refractivity contribution in [3.8, 4) is 0 Å². The van der Waals surface area contributed by atoms with Gasteiger partial charge in [-0.25, -0.2) is 0 Å². The molecule has 1 N–H and O–H groups in total. The van der Waals surface area contributed by atoms with E-state index in [1.807, 2.05) is 67.3 Å². The van der Waals surface area contributed by atoms with E-state index in [2.05, 4.69) is 26.1 Å². The maximum atomic E-state index is 12.6. The highest BCUT2D eigenvalue weighted by molar-refractivity contribution is 9.10. The van der Waals surface area contributed by atoms with Crippen LogP contribution in [-0.2, 0) is 16.0 Å². The zero-order valence-electron chi connectivity index (χ0n) is 16.3. The Morgan fingerprint density at radius 2 is 1.61 bits per heavy atom. The average Bonchev–Trinajstić information content (AvgIpc) is 2.71. The van der Waals surface area contributed by atoms with Crippen molar-refractivity contribution in [1.29, 1.82) is 0 Å². The van der Waals surface area contributed by atoms with E-state index in [-0.39, 0.29) is 17.9 Å². The topological polar surface area (TPSA) is 52.7 Å². The molecule has 3 rings (SSSR count). The zero-order valence-corrected chi connectivity index (χ0v) is 17.9. The third-order valence-electron chi connectivity index (χ3n) is 5.18. The molecule has 1 saturated heterocycles. The van der Waals surface area contributed by atoms with E-state index >= 15 is 0 Å². The van der Waals surface area contributed by atoms with Gasteiger partial charge >= 0.3 is 0 Å². The van der Waals surface area contributed by atoms with E-state index < -0.39 is 0 Å². The van der Waals surface area contributed by atoms with Gasteiger partial charge in [0.05, 0.1) is 12.5 Å². The van der Waals surface area contributed by atoms with Crippen LogP contribution in [0.3, 0.4) is 0 Å². The van der Waals surface area contributed by atoms with Gasteiger partial charge in [0.15, 0.2) is 0 Å². The lowest BCUT2D eigenvalue weighted by molar-refractivity contribution is -0.133. The second kappa shape index (κ2) is 9.34. The number of nitrogens with one attached hydrogen (secondary N) is 1. The maximum Gasteiger partial charge on any atom is 0.241 e. The maximum absolute atomic E-state index is 12.6. The summed E-state index contributed by atoms with van der Waals surface area (Å²) in [5.74, 6) is 0.122. The number of aryl methyl sites for hydroxylation is 1. The first-order valence-corrected chi connectivity index (χ1v) is 10.4.